The van der Waals surface area contributed by atoms with Crippen molar-refractivity contribution in [3.8, 4) is 0 Å². The molecule has 2 N–H and O–H groups in total. The van der Waals surface area contributed by atoms with Crippen molar-refractivity contribution >= 4 is 0 Å². The molecule has 0 aliphatic carbocycles. The van der Waals surface area contributed by atoms with E-state index in [1.165, 1.54) is 11.1 Å². The second-order valence-corrected chi connectivity index (χ2v) is 4.51. The fraction of sp³-hybridized carbons (Fsp3) is 0.400. The van der Waals surface area contributed by atoms with Gasteiger partial charge in [-0.2, -0.15) is 0 Å². The van der Waals surface area contributed by atoms with Crippen molar-refractivity contribution in [3.63, 3.8) is 0 Å². The first-order valence-corrected chi connectivity index (χ1v) is 6.63. The van der Waals surface area contributed by atoms with E-state index < -0.39 is 0 Å². The third-order valence-electron chi connectivity index (χ3n) is 3.29. The maximum atomic E-state index is 4.03. The Morgan fingerprint density at radius 1 is 1.22 bits per heavy atom. The summed E-state index contributed by atoms with van der Waals surface area (Å²) in [6.45, 7) is 5.22. The molecule has 18 heavy (non-hydrogen) atoms. The van der Waals surface area contributed by atoms with E-state index in [-0.39, 0.29) is 0 Å². The van der Waals surface area contributed by atoms with Gasteiger partial charge in [-0.25, -0.2) is 4.98 Å². The predicted octanol–water partition coefficient (Wildman–Crippen LogP) is 3.21. The fourth-order valence-corrected chi connectivity index (χ4v) is 2.10. The van der Waals surface area contributed by atoms with Gasteiger partial charge in [0.25, 0.3) is 0 Å². The number of nitrogens with one attached hydrogen (secondary N) is 2. The Kier molecular flexibility index (Phi) is 4.53. The Bertz CT molecular complexity index is 445. The lowest BCUT2D eigenvalue weighted by atomic mass is 10.0. The van der Waals surface area contributed by atoms with Crippen LogP contribution in [0.4, 0.5) is 0 Å². The minimum atomic E-state index is 0.402. The van der Waals surface area contributed by atoms with E-state index in [0.29, 0.717) is 6.04 Å². The lowest BCUT2D eigenvalue weighted by Gasteiger charge is -2.17. The zero-order valence-electron chi connectivity index (χ0n) is 11.1. The van der Waals surface area contributed by atoms with Crippen LogP contribution in [0.15, 0.2) is 36.8 Å². The smallest absolute Gasteiger partial charge is 0.0922 e. The highest BCUT2D eigenvalue weighted by atomic mass is 15.0. The van der Waals surface area contributed by atoms with Gasteiger partial charge >= 0.3 is 0 Å². The summed E-state index contributed by atoms with van der Waals surface area (Å²) in [6, 6.07) is 9.30. The summed E-state index contributed by atoms with van der Waals surface area (Å²) in [5, 5.41) is 3.55. The lowest BCUT2D eigenvalue weighted by molar-refractivity contribution is 0.515. The van der Waals surface area contributed by atoms with Crippen LogP contribution in [0.5, 0.6) is 0 Å². The molecule has 3 heteroatoms. The van der Waals surface area contributed by atoms with E-state index in [9.17, 15) is 0 Å². The van der Waals surface area contributed by atoms with Crippen molar-refractivity contribution in [2.75, 3.05) is 0 Å². The summed E-state index contributed by atoms with van der Waals surface area (Å²) < 4.78 is 0. The molecule has 1 atom stereocenters. The van der Waals surface area contributed by atoms with Gasteiger partial charge in [-0.05, 0) is 24.0 Å². The van der Waals surface area contributed by atoms with Crippen LogP contribution in [-0.4, -0.2) is 9.97 Å². The van der Waals surface area contributed by atoms with Crippen LogP contribution in [0.1, 0.15) is 43.1 Å². The van der Waals surface area contributed by atoms with Gasteiger partial charge in [0, 0.05) is 24.5 Å². The molecular formula is C15H21N3. The van der Waals surface area contributed by atoms with Gasteiger partial charge in [0.2, 0.25) is 0 Å². The third kappa shape index (κ3) is 3.20. The van der Waals surface area contributed by atoms with Crippen molar-refractivity contribution in [1.29, 1.82) is 0 Å². The Hall–Kier alpha value is -1.61. The Balaban J connectivity index is 1.98. The minimum Gasteiger partial charge on any atom is -0.347 e. The van der Waals surface area contributed by atoms with Crippen molar-refractivity contribution in [3.05, 3.63) is 53.6 Å². The number of rotatable bonds is 6. The molecule has 96 valence electrons. The summed E-state index contributed by atoms with van der Waals surface area (Å²) >= 11 is 0. The highest BCUT2D eigenvalue weighted by molar-refractivity contribution is 5.25. The second kappa shape index (κ2) is 6.36. The van der Waals surface area contributed by atoms with Crippen LogP contribution in [0.2, 0.25) is 0 Å². The lowest BCUT2D eigenvalue weighted by Crippen LogP contribution is -2.20. The standard InChI is InChI=1S/C15H21N3/c1-3-12-5-7-13(8-6-12)15(4-2)17-10-14-9-16-11-18-14/h5-9,11,15,17H,3-4,10H2,1-2H3,(H,16,18). The molecule has 0 radical (unpaired) electrons. The predicted molar refractivity (Wildman–Crippen MR) is 74.3 cm³/mol. The van der Waals surface area contributed by atoms with Crippen LogP contribution >= 0.6 is 0 Å². The summed E-state index contributed by atoms with van der Waals surface area (Å²) in [4.78, 5) is 7.14. The molecule has 0 bridgehead atoms. The van der Waals surface area contributed by atoms with Gasteiger partial charge in [-0.3, -0.25) is 0 Å². The van der Waals surface area contributed by atoms with Gasteiger partial charge in [-0.15, -0.1) is 0 Å². The molecule has 3 nitrogen and oxygen atoms in total. The molecule has 0 saturated heterocycles. The van der Waals surface area contributed by atoms with E-state index in [4.69, 9.17) is 0 Å². The zero-order valence-corrected chi connectivity index (χ0v) is 11.1. The van der Waals surface area contributed by atoms with Crippen LogP contribution in [0, 0.1) is 0 Å². The third-order valence-corrected chi connectivity index (χ3v) is 3.29. The van der Waals surface area contributed by atoms with Gasteiger partial charge in [-0.1, -0.05) is 38.1 Å². The minimum absolute atomic E-state index is 0.402. The van der Waals surface area contributed by atoms with E-state index in [1.54, 1.807) is 6.33 Å². The SMILES string of the molecule is CCc1ccc(C(CC)NCc2cnc[nH]2)cc1. The van der Waals surface area contributed by atoms with Crippen molar-refractivity contribution in [2.45, 2.75) is 39.3 Å². The number of H-pyrrole nitrogens is 1. The monoisotopic (exact) mass is 243 g/mol. The van der Waals surface area contributed by atoms with E-state index >= 15 is 0 Å². The highest BCUT2D eigenvalue weighted by Crippen LogP contribution is 2.17. The van der Waals surface area contributed by atoms with Gasteiger partial charge in [0.1, 0.15) is 0 Å². The van der Waals surface area contributed by atoms with Crippen LogP contribution in [0.25, 0.3) is 0 Å². The van der Waals surface area contributed by atoms with Gasteiger partial charge in [0.05, 0.1) is 6.33 Å². The zero-order chi connectivity index (χ0) is 12.8. The van der Waals surface area contributed by atoms with E-state index in [2.05, 4.69) is 53.4 Å². The van der Waals surface area contributed by atoms with Gasteiger partial charge < -0.3 is 10.3 Å². The summed E-state index contributed by atoms with van der Waals surface area (Å²) in [7, 11) is 0. The maximum absolute atomic E-state index is 4.03. The molecule has 0 saturated carbocycles. The summed E-state index contributed by atoms with van der Waals surface area (Å²) in [6.07, 6.45) is 5.76. The largest absolute Gasteiger partial charge is 0.347 e. The molecule has 0 aliphatic heterocycles. The molecule has 0 aliphatic rings. The molecule has 1 unspecified atom stereocenters. The quantitative estimate of drug-likeness (QED) is 0.818. The topological polar surface area (TPSA) is 40.7 Å². The number of benzene rings is 1. The van der Waals surface area contributed by atoms with Crippen molar-refractivity contribution in [1.82, 2.24) is 15.3 Å². The Labute approximate surface area is 109 Å². The summed E-state index contributed by atoms with van der Waals surface area (Å²) in [5.74, 6) is 0. The van der Waals surface area contributed by atoms with E-state index in [1.807, 2.05) is 6.20 Å². The van der Waals surface area contributed by atoms with Crippen molar-refractivity contribution < 1.29 is 0 Å². The number of aromatic nitrogens is 2. The van der Waals surface area contributed by atoms with Crippen molar-refractivity contribution in [2.24, 2.45) is 0 Å². The molecule has 0 fully saturated rings. The Morgan fingerprint density at radius 3 is 2.56 bits per heavy atom. The number of aryl methyl sites for hydroxylation is 1. The highest BCUT2D eigenvalue weighted by Gasteiger charge is 2.08. The number of aromatic amines is 1. The molecule has 0 spiro atoms. The molecule has 2 aromatic rings. The summed E-state index contributed by atoms with van der Waals surface area (Å²) in [5.41, 5.74) is 3.87. The second-order valence-electron chi connectivity index (χ2n) is 4.51. The molecule has 1 aromatic heterocycles. The first kappa shape index (κ1) is 12.8. The molecular weight excluding hydrogens is 222 g/mol. The normalized spacial score (nSPS) is 12.6. The van der Waals surface area contributed by atoms with Gasteiger partial charge in [0.15, 0.2) is 0 Å². The van der Waals surface area contributed by atoms with Crippen LogP contribution in [0.3, 0.4) is 0 Å². The maximum Gasteiger partial charge on any atom is 0.0922 e. The van der Waals surface area contributed by atoms with Crippen LogP contribution in [-0.2, 0) is 13.0 Å². The molecule has 1 aromatic carbocycles. The fourth-order valence-electron chi connectivity index (χ4n) is 2.10. The molecule has 0 amide bonds. The number of hydrogen-bond acceptors (Lipinski definition) is 2. The molecule has 2 rings (SSSR count). The first-order chi connectivity index (χ1) is 8.83. The number of imidazole rings is 1. The average molecular weight is 243 g/mol. The number of hydrogen-bond donors (Lipinski definition) is 2. The Morgan fingerprint density at radius 2 is 2.00 bits per heavy atom. The van der Waals surface area contributed by atoms with Crippen LogP contribution < -0.4 is 5.32 Å². The average Bonchev–Trinajstić information content (AvgIpc) is 2.93. The van der Waals surface area contributed by atoms with E-state index in [0.717, 1.165) is 25.1 Å². The molecule has 1 heterocycles. The first-order valence-electron chi connectivity index (χ1n) is 6.63. The number of nitrogens with zero attached hydrogens (tertiary/aromatic N) is 1.